The zero-order valence-electron chi connectivity index (χ0n) is 10.1. The maximum Gasteiger partial charge on any atom is 0.335 e. The predicted octanol–water partition coefficient (Wildman–Crippen LogP) is 2.53. The topological polar surface area (TPSA) is 30.2 Å². The second kappa shape index (κ2) is 4.79. The zero-order valence-corrected chi connectivity index (χ0v) is 11.1. The summed E-state index contributed by atoms with van der Waals surface area (Å²) in [4.78, 5) is 11.2. The first-order valence-electron chi connectivity index (χ1n) is 5.58. The lowest BCUT2D eigenvalue weighted by molar-refractivity contribution is 0.533. The predicted molar refractivity (Wildman–Crippen MR) is 66.6 cm³/mol. The van der Waals surface area contributed by atoms with Crippen LogP contribution in [-0.4, -0.2) is 8.07 Å². The molecule has 0 atom stereocenters. The molecule has 0 amide bonds. The third kappa shape index (κ3) is 3.34. The van der Waals surface area contributed by atoms with E-state index in [4.69, 9.17) is 4.42 Å². The number of rotatable bonds is 4. The molecule has 0 aromatic carbocycles. The summed E-state index contributed by atoms with van der Waals surface area (Å²) in [5.74, 6) is 0. The molecule has 0 fully saturated rings. The Bertz CT molecular complexity index is 374. The number of aryl methyl sites for hydroxylation is 1. The molecule has 1 heterocycles. The van der Waals surface area contributed by atoms with Gasteiger partial charge in [-0.1, -0.05) is 33.0 Å². The highest BCUT2D eigenvalue weighted by atomic mass is 28.3. The summed E-state index contributed by atoms with van der Waals surface area (Å²) in [6.45, 7) is 8.80. The lowest BCUT2D eigenvalue weighted by atomic mass is 10.1. The fraction of sp³-hybridized carbons (Fsp3) is 0.583. The third-order valence-corrected chi connectivity index (χ3v) is 4.18. The lowest BCUT2D eigenvalue weighted by Gasteiger charge is -2.17. The maximum absolute atomic E-state index is 11.2. The van der Waals surface area contributed by atoms with Gasteiger partial charge in [-0.2, -0.15) is 0 Å². The van der Waals surface area contributed by atoms with Crippen molar-refractivity contribution in [1.82, 2.24) is 0 Å². The average Bonchev–Trinajstić information content (AvgIpc) is 2.14. The van der Waals surface area contributed by atoms with Crippen molar-refractivity contribution in [3.63, 3.8) is 0 Å². The summed E-state index contributed by atoms with van der Waals surface area (Å²) in [6, 6.07) is 3.48. The van der Waals surface area contributed by atoms with Gasteiger partial charge in [-0.05, 0) is 24.5 Å². The molecule has 3 heteroatoms. The van der Waals surface area contributed by atoms with Crippen molar-refractivity contribution in [2.24, 2.45) is 0 Å². The highest BCUT2D eigenvalue weighted by Gasteiger charge is 2.23. The van der Waals surface area contributed by atoms with Crippen LogP contribution in [0.2, 0.25) is 19.6 Å². The van der Waals surface area contributed by atoms with E-state index in [0.717, 1.165) is 18.2 Å². The molecule has 0 aliphatic rings. The van der Waals surface area contributed by atoms with Gasteiger partial charge in [-0.15, -0.1) is 0 Å². The van der Waals surface area contributed by atoms with Gasteiger partial charge in [0.15, 0.2) is 0 Å². The summed E-state index contributed by atoms with van der Waals surface area (Å²) in [7, 11) is -1.53. The van der Waals surface area contributed by atoms with Crippen LogP contribution in [0, 0.1) is 0 Å². The van der Waals surface area contributed by atoms with Gasteiger partial charge >= 0.3 is 5.63 Å². The smallest absolute Gasteiger partial charge is 0.335 e. The quantitative estimate of drug-likeness (QED) is 0.736. The summed E-state index contributed by atoms with van der Waals surface area (Å²) in [5.41, 5.74) is 1.02. The minimum atomic E-state index is -1.53. The SMILES string of the molecule is CCCCc1ccc(=O)oc1[Si](C)(C)C. The fourth-order valence-electron chi connectivity index (χ4n) is 1.64. The minimum absolute atomic E-state index is 0.215. The van der Waals surface area contributed by atoms with E-state index in [1.807, 2.05) is 6.07 Å². The minimum Gasteiger partial charge on any atom is -0.433 e. The molecule has 0 radical (unpaired) electrons. The highest BCUT2D eigenvalue weighted by Crippen LogP contribution is 2.08. The van der Waals surface area contributed by atoms with Crippen molar-refractivity contribution in [3.8, 4) is 0 Å². The zero-order chi connectivity index (χ0) is 11.5. The number of hydrogen-bond acceptors (Lipinski definition) is 2. The third-order valence-electron chi connectivity index (χ3n) is 2.40. The molecule has 84 valence electrons. The van der Waals surface area contributed by atoms with Crippen LogP contribution in [0.5, 0.6) is 0 Å². The van der Waals surface area contributed by atoms with Gasteiger partial charge in [0.25, 0.3) is 0 Å². The molecule has 2 nitrogen and oxygen atoms in total. The largest absolute Gasteiger partial charge is 0.433 e. The molecule has 0 spiro atoms. The van der Waals surface area contributed by atoms with Crippen molar-refractivity contribution in [3.05, 3.63) is 28.1 Å². The molecule has 0 bridgehead atoms. The second-order valence-electron chi connectivity index (χ2n) is 4.96. The molecule has 0 saturated carbocycles. The van der Waals surface area contributed by atoms with E-state index in [1.165, 1.54) is 18.1 Å². The van der Waals surface area contributed by atoms with E-state index in [1.54, 1.807) is 0 Å². The Morgan fingerprint density at radius 2 is 1.93 bits per heavy atom. The first-order chi connectivity index (χ1) is 6.95. The van der Waals surface area contributed by atoms with Crippen LogP contribution in [0.15, 0.2) is 21.3 Å². The molecule has 15 heavy (non-hydrogen) atoms. The van der Waals surface area contributed by atoms with E-state index in [9.17, 15) is 4.79 Å². The Labute approximate surface area is 92.3 Å². The Morgan fingerprint density at radius 1 is 1.27 bits per heavy atom. The van der Waals surface area contributed by atoms with Crippen LogP contribution >= 0.6 is 0 Å². The molecule has 1 aromatic rings. The van der Waals surface area contributed by atoms with E-state index in [0.29, 0.717) is 0 Å². The van der Waals surface area contributed by atoms with Gasteiger partial charge in [0.05, 0.1) is 5.38 Å². The molecule has 0 N–H and O–H groups in total. The highest BCUT2D eigenvalue weighted by molar-refractivity contribution is 6.88. The van der Waals surface area contributed by atoms with Gasteiger partial charge in [0.1, 0.15) is 8.07 Å². The van der Waals surface area contributed by atoms with Crippen molar-refractivity contribution in [1.29, 1.82) is 0 Å². The Balaban J connectivity index is 3.09. The molecular formula is C12H20O2Si. The van der Waals surface area contributed by atoms with Crippen LogP contribution in [0.25, 0.3) is 0 Å². The summed E-state index contributed by atoms with van der Waals surface area (Å²) < 4.78 is 5.38. The van der Waals surface area contributed by atoms with Crippen molar-refractivity contribution in [2.45, 2.75) is 45.8 Å². The summed E-state index contributed by atoms with van der Waals surface area (Å²) in [6.07, 6.45) is 3.36. The summed E-state index contributed by atoms with van der Waals surface area (Å²) >= 11 is 0. The van der Waals surface area contributed by atoms with Gasteiger partial charge in [0, 0.05) is 6.07 Å². The molecule has 0 saturated heterocycles. The van der Waals surface area contributed by atoms with Crippen LogP contribution < -0.4 is 11.0 Å². The molecular weight excluding hydrogens is 204 g/mol. The van der Waals surface area contributed by atoms with E-state index < -0.39 is 8.07 Å². The van der Waals surface area contributed by atoms with Gasteiger partial charge < -0.3 is 4.42 Å². The standard InChI is InChI=1S/C12H20O2Si/c1-5-6-7-10-8-9-11(13)14-12(10)15(2,3)4/h8-9H,5-7H2,1-4H3. The summed E-state index contributed by atoms with van der Waals surface area (Å²) in [5, 5.41) is 0.975. The maximum atomic E-state index is 11.2. The van der Waals surface area contributed by atoms with Crippen LogP contribution in [0.4, 0.5) is 0 Å². The van der Waals surface area contributed by atoms with Crippen LogP contribution in [0.1, 0.15) is 25.3 Å². The van der Waals surface area contributed by atoms with Crippen molar-refractivity contribution in [2.75, 3.05) is 0 Å². The molecule has 1 aromatic heterocycles. The Morgan fingerprint density at radius 3 is 2.47 bits per heavy atom. The first kappa shape index (κ1) is 12.2. The Kier molecular flexibility index (Phi) is 3.91. The van der Waals surface area contributed by atoms with E-state index in [2.05, 4.69) is 26.6 Å². The molecule has 1 rings (SSSR count). The van der Waals surface area contributed by atoms with Crippen molar-refractivity contribution < 1.29 is 4.42 Å². The van der Waals surface area contributed by atoms with Gasteiger partial charge in [-0.3, -0.25) is 0 Å². The van der Waals surface area contributed by atoms with Gasteiger partial charge in [0.2, 0.25) is 0 Å². The van der Waals surface area contributed by atoms with Crippen molar-refractivity contribution >= 4 is 13.5 Å². The molecule has 0 unspecified atom stereocenters. The first-order valence-corrected chi connectivity index (χ1v) is 9.08. The van der Waals surface area contributed by atoms with Gasteiger partial charge in [-0.25, -0.2) is 4.79 Å². The van der Waals surface area contributed by atoms with Crippen LogP contribution in [0.3, 0.4) is 0 Å². The van der Waals surface area contributed by atoms with E-state index >= 15 is 0 Å². The number of hydrogen-bond donors (Lipinski definition) is 0. The molecule has 0 aliphatic heterocycles. The Hall–Kier alpha value is -0.833. The average molecular weight is 224 g/mol. The molecule has 0 aliphatic carbocycles. The number of unbranched alkanes of at least 4 members (excludes halogenated alkanes) is 1. The lowest BCUT2D eigenvalue weighted by Crippen LogP contribution is -2.41. The van der Waals surface area contributed by atoms with Crippen LogP contribution in [-0.2, 0) is 6.42 Å². The normalized spacial score (nSPS) is 11.7. The second-order valence-corrected chi connectivity index (χ2v) is 9.92. The monoisotopic (exact) mass is 224 g/mol. The van der Waals surface area contributed by atoms with E-state index in [-0.39, 0.29) is 5.63 Å². The fourth-order valence-corrected chi connectivity index (χ4v) is 3.22.